The van der Waals surface area contributed by atoms with Gasteiger partial charge >= 0.3 is 0 Å². The number of nitrogens with one attached hydrogen (secondary N) is 2. The van der Waals surface area contributed by atoms with Crippen LogP contribution in [0.4, 0.5) is 0 Å². The number of aryl methyl sites for hydroxylation is 1. The number of nitrogens with zero attached hydrogens (tertiary/aromatic N) is 4. The molecule has 0 amide bonds. The Bertz CT molecular complexity index is 419. The van der Waals surface area contributed by atoms with Crippen LogP contribution in [0.15, 0.2) is 18.7 Å². The van der Waals surface area contributed by atoms with Crippen molar-refractivity contribution < 1.29 is 0 Å². The van der Waals surface area contributed by atoms with Gasteiger partial charge in [0.15, 0.2) is 0 Å². The van der Waals surface area contributed by atoms with Crippen LogP contribution in [-0.2, 0) is 13.0 Å². The predicted octanol–water partition coefficient (Wildman–Crippen LogP) is -0.232. The van der Waals surface area contributed by atoms with Gasteiger partial charge in [-0.2, -0.15) is 5.10 Å². The van der Waals surface area contributed by atoms with Crippen molar-refractivity contribution in [3.05, 3.63) is 30.4 Å². The van der Waals surface area contributed by atoms with Gasteiger partial charge in [0, 0.05) is 25.4 Å². The van der Waals surface area contributed by atoms with Gasteiger partial charge < -0.3 is 4.57 Å². The number of aromatic nitrogens is 5. The minimum absolute atomic E-state index is 0.102. The molecule has 7 nitrogen and oxygen atoms in total. The second kappa shape index (κ2) is 4.86. The van der Waals surface area contributed by atoms with E-state index in [2.05, 4.69) is 37.1 Å². The highest BCUT2D eigenvalue weighted by Gasteiger charge is 2.15. The van der Waals surface area contributed by atoms with E-state index in [1.165, 1.54) is 6.33 Å². The molecule has 0 aromatic carbocycles. The quantitative estimate of drug-likeness (QED) is 0.478. The number of aromatic amines is 1. The van der Waals surface area contributed by atoms with Gasteiger partial charge in [0.05, 0.1) is 6.04 Å². The van der Waals surface area contributed by atoms with Gasteiger partial charge in [-0.15, -0.1) is 0 Å². The Morgan fingerprint density at radius 1 is 1.56 bits per heavy atom. The molecule has 0 spiro atoms. The molecule has 16 heavy (non-hydrogen) atoms. The van der Waals surface area contributed by atoms with Crippen LogP contribution < -0.4 is 11.3 Å². The molecule has 0 fully saturated rings. The number of imidazole rings is 1. The summed E-state index contributed by atoms with van der Waals surface area (Å²) in [4.78, 5) is 8.37. The molecule has 1 unspecified atom stereocenters. The van der Waals surface area contributed by atoms with E-state index in [1.54, 1.807) is 6.20 Å². The number of H-pyrrole nitrogens is 1. The molecular formula is C9H15N7. The lowest BCUT2D eigenvalue weighted by Gasteiger charge is -2.13. The molecule has 4 N–H and O–H groups in total. The molecule has 0 aliphatic heterocycles. The maximum Gasteiger partial charge on any atom is 0.143 e. The standard InChI is InChI=1S/C9H15N7/c1-2-16-4-3-11-8(16)5-7(14-10)9-12-6-13-15-9/h3-4,6-7,14H,2,5,10H2,1H3,(H,12,13,15). The van der Waals surface area contributed by atoms with Gasteiger partial charge in [-0.1, -0.05) is 0 Å². The van der Waals surface area contributed by atoms with Gasteiger partial charge in [0.2, 0.25) is 0 Å². The monoisotopic (exact) mass is 221 g/mol. The summed E-state index contributed by atoms with van der Waals surface area (Å²) in [7, 11) is 0. The summed E-state index contributed by atoms with van der Waals surface area (Å²) in [5, 5.41) is 6.60. The first-order valence-electron chi connectivity index (χ1n) is 5.16. The summed E-state index contributed by atoms with van der Waals surface area (Å²) < 4.78 is 2.07. The molecule has 2 aromatic heterocycles. The minimum atomic E-state index is -0.102. The molecule has 0 radical (unpaired) electrons. The molecule has 0 aliphatic rings. The van der Waals surface area contributed by atoms with Crippen molar-refractivity contribution in [1.29, 1.82) is 0 Å². The van der Waals surface area contributed by atoms with E-state index in [1.807, 2.05) is 6.20 Å². The lowest BCUT2D eigenvalue weighted by molar-refractivity contribution is 0.500. The lowest BCUT2D eigenvalue weighted by Crippen LogP contribution is -2.31. The van der Waals surface area contributed by atoms with E-state index < -0.39 is 0 Å². The molecule has 0 aliphatic carbocycles. The molecular weight excluding hydrogens is 206 g/mol. The van der Waals surface area contributed by atoms with Crippen molar-refractivity contribution in [3.8, 4) is 0 Å². The molecule has 0 bridgehead atoms. The van der Waals surface area contributed by atoms with Crippen LogP contribution in [0.3, 0.4) is 0 Å². The second-order valence-corrected chi connectivity index (χ2v) is 3.42. The fourth-order valence-corrected chi connectivity index (χ4v) is 1.62. The number of hydrazine groups is 1. The summed E-state index contributed by atoms with van der Waals surface area (Å²) in [5.41, 5.74) is 2.71. The third kappa shape index (κ3) is 2.10. The SMILES string of the molecule is CCn1ccnc1CC(NN)c1ncn[nH]1. The molecule has 2 aromatic rings. The number of hydrogen-bond donors (Lipinski definition) is 3. The second-order valence-electron chi connectivity index (χ2n) is 3.42. The van der Waals surface area contributed by atoms with E-state index >= 15 is 0 Å². The highest BCUT2D eigenvalue weighted by molar-refractivity contribution is 5.01. The number of nitrogens with two attached hydrogens (primary N) is 1. The zero-order valence-corrected chi connectivity index (χ0v) is 9.09. The maximum absolute atomic E-state index is 5.50. The molecule has 2 heterocycles. The van der Waals surface area contributed by atoms with Crippen LogP contribution in [0.2, 0.25) is 0 Å². The van der Waals surface area contributed by atoms with Crippen molar-refractivity contribution in [1.82, 2.24) is 30.2 Å². The van der Waals surface area contributed by atoms with Gasteiger partial charge in [-0.3, -0.25) is 10.9 Å². The van der Waals surface area contributed by atoms with Crippen molar-refractivity contribution in [2.45, 2.75) is 25.9 Å². The summed E-state index contributed by atoms with van der Waals surface area (Å²) in [5.74, 6) is 7.19. The highest BCUT2D eigenvalue weighted by atomic mass is 15.3. The molecule has 0 saturated heterocycles. The molecule has 86 valence electrons. The van der Waals surface area contributed by atoms with E-state index in [4.69, 9.17) is 5.84 Å². The van der Waals surface area contributed by atoms with Crippen molar-refractivity contribution in [3.63, 3.8) is 0 Å². The molecule has 0 saturated carbocycles. The molecule has 2 rings (SSSR count). The number of rotatable bonds is 5. The zero-order valence-electron chi connectivity index (χ0n) is 9.09. The summed E-state index contributed by atoms with van der Waals surface area (Å²) in [6, 6.07) is -0.102. The van der Waals surface area contributed by atoms with E-state index in [-0.39, 0.29) is 6.04 Å². The highest BCUT2D eigenvalue weighted by Crippen LogP contribution is 2.12. The Labute approximate surface area is 93.1 Å². The first-order valence-corrected chi connectivity index (χ1v) is 5.16. The molecule has 1 atom stereocenters. The summed E-state index contributed by atoms with van der Waals surface area (Å²) in [6.07, 6.45) is 5.87. The third-order valence-electron chi connectivity index (χ3n) is 2.49. The average Bonchev–Trinajstić information content (AvgIpc) is 2.96. The smallest absolute Gasteiger partial charge is 0.143 e. The van der Waals surface area contributed by atoms with E-state index in [0.717, 1.165) is 12.4 Å². The Kier molecular flexibility index (Phi) is 3.28. The van der Waals surface area contributed by atoms with Crippen LogP contribution in [0.5, 0.6) is 0 Å². The minimum Gasteiger partial charge on any atom is -0.335 e. The van der Waals surface area contributed by atoms with Gasteiger partial charge in [0.1, 0.15) is 18.0 Å². The van der Waals surface area contributed by atoms with Crippen LogP contribution in [0, 0.1) is 0 Å². The normalized spacial score (nSPS) is 12.9. The van der Waals surface area contributed by atoms with Crippen LogP contribution in [0.25, 0.3) is 0 Å². The van der Waals surface area contributed by atoms with Gasteiger partial charge in [0.25, 0.3) is 0 Å². The fraction of sp³-hybridized carbons (Fsp3) is 0.444. The largest absolute Gasteiger partial charge is 0.335 e. The van der Waals surface area contributed by atoms with Gasteiger partial charge in [-0.05, 0) is 6.92 Å². The van der Waals surface area contributed by atoms with Crippen molar-refractivity contribution in [2.24, 2.45) is 5.84 Å². The third-order valence-corrected chi connectivity index (χ3v) is 2.49. The first kappa shape index (κ1) is 10.8. The average molecular weight is 221 g/mol. The predicted molar refractivity (Wildman–Crippen MR) is 58.1 cm³/mol. The van der Waals surface area contributed by atoms with Crippen molar-refractivity contribution in [2.75, 3.05) is 0 Å². The Morgan fingerprint density at radius 3 is 3.06 bits per heavy atom. The Hall–Kier alpha value is -1.73. The molecule has 7 heteroatoms. The zero-order chi connectivity index (χ0) is 11.4. The Balaban J connectivity index is 2.13. The van der Waals surface area contributed by atoms with Crippen LogP contribution in [-0.4, -0.2) is 24.7 Å². The summed E-state index contributed by atoms with van der Waals surface area (Å²) >= 11 is 0. The maximum atomic E-state index is 5.50. The van der Waals surface area contributed by atoms with Crippen LogP contribution in [0.1, 0.15) is 24.6 Å². The first-order chi connectivity index (χ1) is 7.85. The van der Waals surface area contributed by atoms with Crippen LogP contribution >= 0.6 is 0 Å². The summed E-state index contributed by atoms with van der Waals surface area (Å²) in [6.45, 7) is 2.97. The van der Waals surface area contributed by atoms with E-state index in [9.17, 15) is 0 Å². The van der Waals surface area contributed by atoms with Gasteiger partial charge in [-0.25, -0.2) is 15.4 Å². The lowest BCUT2D eigenvalue weighted by atomic mass is 10.2. The topological polar surface area (TPSA) is 97.4 Å². The fourth-order valence-electron chi connectivity index (χ4n) is 1.62. The number of hydrogen-bond acceptors (Lipinski definition) is 5. The van der Waals surface area contributed by atoms with E-state index in [0.29, 0.717) is 12.2 Å². The van der Waals surface area contributed by atoms with Crippen molar-refractivity contribution >= 4 is 0 Å². The Morgan fingerprint density at radius 2 is 2.44 bits per heavy atom.